The van der Waals surface area contributed by atoms with Crippen LogP contribution in [0.2, 0.25) is 0 Å². The van der Waals surface area contributed by atoms with Crippen LogP contribution in [0.4, 0.5) is 4.79 Å². The van der Waals surface area contributed by atoms with Gasteiger partial charge in [0.1, 0.15) is 0 Å². The second-order valence-electron chi connectivity index (χ2n) is 3.52. The smallest absolute Gasteiger partial charge is 0.434 e. The first-order valence-corrected chi connectivity index (χ1v) is 5.82. The Kier molecular flexibility index (Phi) is 11.6. The lowest BCUT2D eigenvalue weighted by Crippen LogP contribution is -2.09. The minimum Gasteiger partial charge on any atom is -0.434 e. The number of hydrogen-bond acceptors (Lipinski definition) is 5. The first-order chi connectivity index (χ1) is 7.81. The van der Waals surface area contributed by atoms with E-state index in [1.807, 2.05) is 0 Å². The minimum atomic E-state index is -0.631. The summed E-state index contributed by atoms with van der Waals surface area (Å²) in [6.07, 6.45) is 4.04. The summed E-state index contributed by atoms with van der Waals surface area (Å²) in [4.78, 5) is 11.0. The van der Waals surface area contributed by atoms with Gasteiger partial charge >= 0.3 is 6.16 Å². The fourth-order valence-corrected chi connectivity index (χ4v) is 1.13. The van der Waals surface area contributed by atoms with E-state index in [0.717, 1.165) is 38.5 Å². The van der Waals surface area contributed by atoms with Crippen LogP contribution in [0.25, 0.3) is 0 Å². The molecule has 16 heavy (non-hydrogen) atoms. The standard InChI is InChI=1S/C11H22O5/c12-7-3-1-5-9-15-11(14)16-10-6-2-4-8-13/h12-13H,1-10H2. The number of aliphatic hydroxyl groups excluding tert-OH is 2. The molecule has 0 radical (unpaired) electrons. The number of rotatable bonds is 10. The summed E-state index contributed by atoms with van der Waals surface area (Å²) in [6.45, 7) is 1.04. The molecule has 0 rings (SSSR count). The predicted octanol–water partition coefficient (Wildman–Crippen LogP) is 1.46. The summed E-state index contributed by atoms with van der Waals surface area (Å²) < 4.78 is 9.61. The third-order valence-electron chi connectivity index (χ3n) is 2.04. The molecule has 0 bridgehead atoms. The zero-order valence-corrected chi connectivity index (χ0v) is 9.69. The Bertz CT molecular complexity index is 144. The second kappa shape index (κ2) is 12.3. The highest BCUT2D eigenvalue weighted by Crippen LogP contribution is 1.98. The van der Waals surface area contributed by atoms with Crippen LogP contribution in [-0.2, 0) is 9.47 Å². The van der Waals surface area contributed by atoms with Gasteiger partial charge in [0.15, 0.2) is 0 Å². The van der Waals surface area contributed by atoms with Crippen LogP contribution in [0.1, 0.15) is 38.5 Å². The normalized spacial score (nSPS) is 10.1. The monoisotopic (exact) mass is 234 g/mol. The van der Waals surface area contributed by atoms with Crippen molar-refractivity contribution in [3.63, 3.8) is 0 Å². The SMILES string of the molecule is O=C(OCCCCCO)OCCCCCO. The molecule has 0 aliphatic rings. The highest BCUT2D eigenvalue weighted by molar-refractivity contribution is 5.59. The van der Waals surface area contributed by atoms with Crippen molar-refractivity contribution in [2.45, 2.75) is 38.5 Å². The van der Waals surface area contributed by atoms with Gasteiger partial charge in [-0.25, -0.2) is 4.79 Å². The summed E-state index contributed by atoms with van der Waals surface area (Å²) >= 11 is 0. The van der Waals surface area contributed by atoms with E-state index in [9.17, 15) is 4.79 Å². The van der Waals surface area contributed by atoms with Gasteiger partial charge in [0, 0.05) is 13.2 Å². The third-order valence-corrected chi connectivity index (χ3v) is 2.04. The largest absolute Gasteiger partial charge is 0.508 e. The molecule has 0 aromatic heterocycles. The molecular formula is C11H22O5. The maximum Gasteiger partial charge on any atom is 0.508 e. The quantitative estimate of drug-likeness (QED) is 0.442. The molecule has 5 nitrogen and oxygen atoms in total. The number of aliphatic hydroxyl groups is 2. The molecule has 0 aromatic carbocycles. The van der Waals surface area contributed by atoms with Crippen LogP contribution in [0.15, 0.2) is 0 Å². The molecule has 0 atom stereocenters. The summed E-state index contributed by atoms with van der Waals surface area (Å²) in [5.74, 6) is 0. The molecule has 0 spiro atoms. The maximum atomic E-state index is 11.0. The number of carbonyl (C=O) groups excluding carboxylic acids is 1. The number of carbonyl (C=O) groups is 1. The van der Waals surface area contributed by atoms with E-state index in [0.29, 0.717) is 13.2 Å². The van der Waals surface area contributed by atoms with Crippen molar-refractivity contribution >= 4 is 6.16 Å². The van der Waals surface area contributed by atoms with Crippen LogP contribution in [0, 0.1) is 0 Å². The zero-order chi connectivity index (χ0) is 12.1. The lowest BCUT2D eigenvalue weighted by Gasteiger charge is -2.05. The van der Waals surface area contributed by atoms with Gasteiger partial charge in [-0.1, -0.05) is 0 Å². The number of hydrogen-bond donors (Lipinski definition) is 2. The van der Waals surface area contributed by atoms with E-state index >= 15 is 0 Å². The lowest BCUT2D eigenvalue weighted by atomic mass is 10.2. The molecule has 0 aliphatic carbocycles. The Morgan fingerprint density at radius 3 is 1.56 bits per heavy atom. The molecule has 0 fully saturated rings. The lowest BCUT2D eigenvalue weighted by molar-refractivity contribution is 0.0525. The molecule has 0 saturated heterocycles. The van der Waals surface area contributed by atoms with Crippen LogP contribution >= 0.6 is 0 Å². The molecule has 0 saturated carbocycles. The van der Waals surface area contributed by atoms with Crippen molar-refractivity contribution in [2.75, 3.05) is 26.4 Å². The summed E-state index contributed by atoms with van der Waals surface area (Å²) in [6, 6.07) is 0. The molecule has 0 unspecified atom stereocenters. The van der Waals surface area contributed by atoms with Gasteiger partial charge in [-0.15, -0.1) is 0 Å². The molecule has 0 amide bonds. The highest BCUT2D eigenvalue weighted by atomic mass is 16.7. The Labute approximate surface area is 96.4 Å². The van der Waals surface area contributed by atoms with Crippen LogP contribution < -0.4 is 0 Å². The third kappa shape index (κ3) is 11.3. The van der Waals surface area contributed by atoms with E-state index in [-0.39, 0.29) is 13.2 Å². The van der Waals surface area contributed by atoms with Crippen molar-refractivity contribution in [3.8, 4) is 0 Å². The van der Waals surface area contributed by atoms with Gasteiger partial charge in [0.05, 0.1) is 13.2 Å². The van der Waals surface area contributed by atoms with E-state index in [2.05, 4.69) is 0 Å². The summed E-state index contributed by atoms with van der Waals surface area (Å²) in [5, 5.41) is 17.0. The van der Waals surface area contributed by atoms with E-state index in [4.69, 9.17) is 19.7 Å². The van der Waals surface area contributed by atoms with Gasteiger partial charge in [-0.05, 0) is 38.5 Å². The molecule has 0 aromatic rings. The molecule has 96 valence electrons. The predicted molar refractivity (Wildman–Crippen MR) is 59.2 cm³/mol. The molecule has 2 N–H and O–H groups in total. The minimum absolute atomic E-state index is 0.176. The average molecular weight is 234 g/mol. The van der Waals surface area contributed by atoms with Gasteiger partial charge in [-0.2, -0.15) is 0 Å². The summed E-state index contributed by atoms with van der Waals surface area (Å²) in [7, 11) is 0. The van der Waals surface area contributed by atoms with E-state index in [1.165, 1.54) is 0 Å². The van der Waals surface area contributed by atoms with Crippen molar-refractivity contribution in [2.24, 2.45) is 0 Å². The van der Waals surface area contributed by atoms with Crippen LogP contribution in [-0.4, -0.2) is 42.8 Å². The Morgan fingerprint density at radius 1 is 0.750 bits per heavy atom. The van der Waals surface area contributed by atoms with Gasteiger partial charge in [0.25, 0.3) is 0 Å². The van der Waals surface area contributed by atoms with E-state index in [1.54, 1.807) is 0 Å². The van der Waals surface area contributed by atoms with Crippen molar-refractivity contribution < 1.29 is 24.5 Å². The Balaban J connectivity index is 3.12. The second-order valence-corrected chi connectivity index (χ2v) is 3.52. The summed E-state index contributed by atoms with van der Waals surface area (Å²) in [5.41, 5.74) is 0. The molecule has 5 heteroatoms. The fourth-order valence-electron chi connectivity index (χ4n) is 1.13. The highest BCUT2D eigenvalue weighted by Gasteiger charge is 2.02. The first kappa shape index (κ1) is 15.2. The topological polar surface area (TPSA) is 76.0 Å². The number of ether oxygens (including phenoxy) is 2. The van der Waals surface area contributed by atoms with Gasteiger partial charge in [0.2, 0.25) is 0 Å². The fraction of sp³-hybridized carbons (Fsp3) is 0.909. The average Bonchev–Trinajstić information content (AvgIpc) is 2.28. The van der Waals surface area contributed by atoms with Crippen molar-refractivity contribution in [1.29, 1.82) is 0 Å². The molecule has 0 heterocycles. The maximum absolute atomic E-state index is 11.0. The van der Waals surface area contributed by atoms with Gasteiger partial charge < -0.3 is 19.7 Å². The van der Waals surface area contributed by atoms with Crippen molar-refractivity contribution in [3.05, 3.63) is 0 Å². The molecule has 0 aliphatic heterocycles. The Morgan fingerprint density at radius 2 is 1.19 bits per heavy atom. The van der Waals surface area contributed by atoms with E-state index < -0.39 is 6.16 Å². The van der Waals surface area contributed by atoms with Crippen LogP contribution in [0.3, 0.4) is 0 Å². The first-order valence-electron chi connectivity index (χ1n) is 5.82. The molecular weight excluding hydrogens is 212 g/mol. The van der Waals surface area contributed by atoms with Crippen molar-refractivity contribution in [1.82, 2.24) is 0 Å². The Hall–Kier alpha value is -0.810. The van der Waals surface area contributed by atoms with Gasteiger partial charge in [-0.3, -0.25) is 0 Å². The number of unbranched alkanes of at least 4 members (excludes halogenated alkanes) is 4. The van der Waals surface area contributed by atoms with Crippen LogP contribution in [0.5, 0.6) is 0 Å². The zero-order valence-electron chi connectivity index (χ0n) is 9.69.